The average Bonchev–Trinajstić information content (AvgIpc) is 2.77. The Morgan fingerprint density at radius 3 is 2.17 bits per heavy atom. The van der Waals surface area contributed by atoms with E-state index in [-0.39, 0.29) is 4.90 Å². The highest BCUT2D eigenvalue weighted by Gasteiger charge is 2.41. The average molecular weight is 447 g/mol. The monoisotopic (exact) mass is 446 g/mol. The second-order valence-electron chi connectivity index (χ2n) is 7.41. The van der Waals surface area contributed by atoms with Crippen molar-refractivity contribution in [1.29, 1.82) is 0 Å². The molecule has 0 saturated carbocycles. The maximum absolute atomic E-state index is 13.2. The quantitative estimate of drug-likeness (QED) is 0.203. The van der Waals surface area contributed by atoms with Crippen molar-refractivity contribution in [3.05, 3.63) is 30.3 Å². The first-order valence-corrected chi connectivity index (χ1v) is 11.3. The highest BCUT2D eigenvalue weighted by molar-refractivity contribution is 7.92. The first-order valence-electron chi connectivity index (χ1n) is 9.80. The van der Waals surface area contributed by atoms with Gasteiger partial charge in [-0.05, 0) is 44.0 Å². The number of carbonyl (C=O) groups is 1. The normalized spacial score (nSPS) is 20.7. The molecule has 1 heterocycles. The number of aliphatic hydroxyl groups is 5. The first-order chi connectivity index (χ1) is 14.2. The lowest BCUT2D eigenvalue weighted by Crippen LogP contribution is -2.53. The maximum Gasteiger partial charge on any atom is 0.239 e. The van der Waals surface area contributed by atoms with Crippen LogP contribution in [0.2, 0.25) is 0 Å². The van der Waals surface area contributed by atoms with E-state index in [1.54, 1.807) is 18.2 Å². The van der Waals surface area contributed by atoms with E-state index >= 15 is 0 Å². The summed E-state index contributed by atoms with van der Waals surface area (Å²) in [6.07, 6.45) is -6.08. The van der Waals surface area contributed by atoms with Crippen LogP contribution in [-0.2, 0) is 14.6 Å². The predicted molar refractivity (Wildman–Crippen MR) is 107 cm³/mol. The third-order valence-electron chi connectivity index (χ3n) is 5.29. The number of amides is 1. The molecule has 5 atom stereocenters. The molecule has 0 radical (unpaired) electrons. The van der Waals surface area contributed by atoms with Gasteiger partial charge in [0.2, 0.25) is 5.91 Å². The van der Waals surface area contributed by atoms with Crippen LogP contribution in [0.3, 0.4) is 0 Å². The van der Waals surface area contributed by atoms with Crippen LogP contribution in [0.25, 0.3) is 0 Å². The Hall–Kier alpha value is -1.60. The van der Waals surface area contributed by atoms with Crippen molar-refractivity contribution in [3.8, 4) is 0 Å². The summed E-state index contributed by atoms with van der Waals surface area (Å²) in [6, 6.07) is 7.64. The van der Waals surface area contributed by atoms with Gasteiger partial charge in [-0.1, -0.05) is 18.2 Å². The number of rotatable bonds is 10. The molecule has 1 aliphatic heterocycles. The van der Waals surface area contributed by atoms with E-state index in [1.807, 2.05) is 0 Å². The largest absolute Gasteiger partial charge is 0.394 e. The fourth-order valence-corrected chi connectivity index (χ4v) is 5.48. The van der Waals surface area contributed by atoms with Gasteiger partial charge in [-0.3, -0.25) is 4.79 Å². The Morgan fingerprint density at radius 2 is 1.60 bits per heavy atom. The van der Waals surface area contributed by atoms with E-state index in [0.717, 1.165) is 0 Å². The van der Waals surface area contributed by atoms with Crippen molar-refractivity contribution >= 4 is 15.7 Å². The number of nitrogens with one attached hydrogen (secondary N) is 2. The highest BCUT2D eigenvalue weighted by atomic mass is 32.2. The van der Waals surface area contributed by atoms with Crippen LogP contribution < -0.4 is 10.6 Å². The van der Waals surface area contributed by atoms with Gasteiger partial charge >= 0.3 is 0 Å². The van der Waals surface area contributed by atoms with Crippen molar-refractivity contribution in [3.63, 3.8) is 0 Å². The molecule has 1 fully saturated rings. The van der Waals surface area contributed by atoms with Gasteiger partial charge in [0.05, 0.1) is 17.6 Å². The van der Waals surface area contributed by atoms with Crippen LogP contribution in [0.5, 0.6) is 0 Å². The van der Waals surface area contributed by atoms with Gasteiger partial charge in [0.1, 0.15) is 23.6 Å². The van der Waals surface area contributed by atoms with Crippen molar-refractivity contribution in [2.45, 2.75) is 47.4 Å². The van der Waals surface area contributed by atoms with Crippen LogP contribution in [0.1, 0.15) is 12.8 Å². The molecule has 1 aromatic carbocycles. The van der Waals surface area contributed by atoms with Gasteiger partial charge in [0.15, 0.2) is 9.84 Å². The van der Waals surface area contributed by atoms with Crippen LogP contribution in [-0.4, -0.2) is 95.8 Å². The van der Waals surface area contributed by atoms with Crippen LogP contribution in [0.15, 0.2) is 35.2 Å². The molecule has 7 N–H and O–H groups in total. The zero-order valence-corrected chi connectivity index (χ0v) is 17.3. The molecule has 10 nitrogen and oxygen atoms in total. The molecule has 1 amide bonds. The van der Waals surface area contributed by atoms with Crippen molar-refractivity contribution in [2.75, 3.05) is 26.2 Å². The molecule has 1 aromatic rings. The summed E-state index contributed by atoms with van der Waals surface area (Å²) in [4.78, 5) is 12.9. The summed E-state index contributed by atoms with van der Waals surface area (Å²) in [6.45, 7) is -0.220. The van der Waals surface area contributed by atoms with Crippen molar-refractivity contribution < 1.29 is 38.7 Å². The Labute approximate surface area is 175 Å². The number of hydrogen-bond donors (Lipinski definition) is 7. The summed E-state index contributed by atoms with van der Waals surface area (Å²) in [7, 11) is -4.01. The van der Waals surface area contributed by atoms with Gasteiger partial charge in [0, 0.05) is 6.54 Å². The number of benzene rings is 1. The van der Waals surface area contributed by atoms with Crippen LogP contribution in [0, 0.1) is 5.92 Å². The molecule has 1 unspecified atom stereocenters. The molecule has 2 rings (SSSR count). The molecule has 0 bridgehead atoms. The minimum Gasteiger partial charge on any atom is -0.394 e. The minimum absolute atomic E-state index is 0.0192. The molecule has 0 spiro atoms. The minimum atomic E-state index is -4.01. The standard InChI is InChI=1S/C19H30N2O8S/c22-11-15(24)17(26)16(25)14(23)10-21-19(27)18(12-6-8-20-9-7-12)30(28,29)13-4-2-1-3-5-13/h1-5,12,14-18,20,22-26H,6-11H2,(H,21,27)/t14-,15+,16+,17+,18?/m0/s1. The predicted octanol–water partition coefficient (Wildman–Crippen LogP) is -2.62. The number of carbonyl (C=O) groups excluding carboxylic acids is 1. The smallest absolute Gasteiger partial charge is 0.239 e. The molecule has 30 heavy (non-hydrogen) atoms. The Morgan fingerprint density at radius 1 is 1.03 bits per heavy atom. The van der Waals surface area contributed by atoms with E-state index < -0.39 is 64.5 Å². The maximum atomic E-state index is 13.2. The first kappa shape index (κ1) is 24.7. The molecule has 170 valence electrons. The topological polar surface area (TPSA) is 176 Å². The Bertz CT molecular complexity index is 770. The second-order valence-corrected chi connectivity index (χ2v) is 9.48. The molecule has 1 saturated heterocycles. The van der Waals surface area contributed by atoms with Crippen LogP contribution in [0.4, 0.5) is 0 Å². The van der Waals surface area contributed by atoms with E-state index in [2.05, 4.69) is 10.6 Å². The molecular weight excluding hydrogens is 416 g/mol. The molecule has 0 aromatic heterocycles. The SMILES string of the molecule is O=C(NC[C@H](O)[C@@H](O)[C@H](O)[C@H](O)CO)C(C1CCNCC1)S(=O)(=O)c1ccccc1. The summed E-state index contributed by atoms with van der Waals surface area (Å²) >= 11 is 0. The number of sulfone groups is 1. The van der Waals surface area contributed by atoms with Gasteiger partial charge in [-0.25, -0.2) is 8.42 Å². The summed E-state index contributed by atoms with van der Waals surface area (Å²) in [5, 5.41) is 51.9. The zero-order valence-electron chi connectivity index (χ0n) is 16.5. The number of hydrogen-bond acceptors (Lipinski definition) is 9. The zero-order chi connectivity index (χ0) is 22.3. The number of piperidine rings is 1. The van der Waals surface area contributed by atoms with Gasteiger partial charge < -0.3 is 36.2 Å². The Kier molecular flexibility index (Phi) is 9.16. The molecule has 11 heteroatoms. The van der Waals surface area contributed by atoms with Gasteiger partial charge in [-0.2, -0.15) is 0 Å². The van der Waals surface area contributed by atoms with Crippen molar-refractivity contribution in [2.24, 2.45) is 5.92 Å². The van der Waals surface area contributed by atoms with Gasteiger partial charge in [-0.15, -0.1) is 0 Å². The lowest BCUT2D eigenvalue weighted by Gasteiger charge is -2.30. The van der Waals surface area contributed by atoms with Gasteiger partial charge in [0.25, 0.3) is 0 Å². The summed E-state index contributed by atoms with van der Waals surface area (Å²) < 4.78 is 26.4. The van der Waals surface area contributed by atoms with E-state index in [0.29, 0.717) is 25.9 Å². The summed E-state index contributed by atoms with van der Waals surface area (Å²) in [5.74, 6) is -1.24. The van der Waals surface area contributed by atoms with Crippen LogP contribution >= 0.6 is 0 Å². The molecule has 0 aliphatic carbocycles. The van der Waals surface area contributed by atoms with E-state index in [4.69, 9.17) is 5.11 Å². The Balaban J connectivity index is 2.15. The summed E-state index contributed by atoms with van der Waals surface area (Å²) in [5.41, 5.74) is 0. The third-order valence-corrected chi connectivity index (χ3v) is 7.48. The lowest BCUT2D eigenvalue weighted by atomic mass is 9.93. The lowest BCUT2D eigenvalue weighted by molar-refractivity contribution is -0.126. The second kappa shape index (κ2) is 11.1. The fraction of sp³-hybridized carbons (Fsp3) is 0.632. The fourth-order valence-electron chi connectivity index (χ4n) is 3.50. The van der Waals surface area contributed by atoms with Crippen molar-refractivity contribution in [1.82, 2.24) is 10.6 Å². The molecular formula is C19H30N2O8S. The van der Waals surface area contributed by atoms with E-state index in [9.17, 15) is 33.6 Å². The molecule has 1 aliphatic rings. The van der Waals surface area contributed by atoms with E-state index in [1.165, 1.54) is 12.1 Å². The third kappa shape index (κ3) is 5.97. The number of aliphatic hydroxyl groups excluding tert-OH is 5. The highest BCUT2D eigenvalue weighted by Crippen LogP contribution is 2.27.